The quantitative estimate of drug-likeness (QED) is 0.718. The van der Waals surface area contributed by atoms with E-state index in [1.807, 2.05) is 0 Å². The molecule has 0 spiro atoms. The molecule has 1 nitrogen and oxygen atoms in total. The SMILES string of the molecule is Oc1c(Br)ccc(Br)c1F. The van der Waals surface area contributed by atoms with Gasteiger partial charge in [0.1, 0.15) is 0 Å². The van der Waals surface area contributed by atoms with E-state index in [1.54, 1.807) is 6.07 Å². The lowest BCUT2D eigenvalue weighted by molar-refractivity contribution is 0.427. The van der Waals surface area contributed by atoms with E-state index in [0.29, 0.717) is 4.47 Å². The van der Waals surface area contributed by atoms with Crippen molar-refractivity contribution in [3.63, 3.8) is 0 Å². The van der Waals surface area contributed by atoms with Crippen LogP contribution in [-0.4, -0.2) is 5.11 Å². The number of aromatic hydroxyl groups is 1. The van der Waals surface area contributed by atoms with Gasteiger partial charge in [0.15, 0.2) is 11.6 Å². The molecule has 54 valence electrons. The van der Waals surface area contributed by atoms with Crippen molar-refractivity contribution in [3.05, 3.63) is 26.9 Å². The maximum atomic E-state index is 12.7. The highest BCUT2D eigenvalue weighted by molar-refractivity contribution is 9.11. The van der Waals surface area contributed by atoms with Gasteiger partial charge >= 0.3 is 0 Å². The summed E-state index contributed by atoms with van der Waals surface area (Å²) in [6.07, 6.45) is 0. The number of halogens is 3. The predicted molar refractivity (Wildman–Crippen MR) is 43.5 cm³/mol. The zero-order valence-electron chi connectivity index (χ0n) is 4.74. The molecule has 0 aliphatic rings. The van der Waals surface area contributed by atoms with E-state index in [-0.39, 0.29) is 10.2 Å². The van der Waals surface area contributed by atoms with Crippen LogP contribution in [0.25, 0.3) is 0 Å². The molecule has 0 saturated carbocycles. The first-order chi connectivity index (χ1) is 4.63. The monoisotopic (exact) mass is 268 g/mol. The van der Waals surface area contributed by atoms with Crippen LogP contribution >= 0.6 is 31.9 Å². The summed E-state index contributed by atoms with van der Waals surface area (Å²) in [5.41, 5.74) is 0. The third kappa shape index (κ3) is 1.32. The molecule has 0 radical (unpaired) electrons. The van der Waals surface area contributed by atoms with Gasteiger partial charge in [0.25, 0.3) is 0 Å². The van der Waals surface area contributed by atoms with Crippen molar-refractivity contribution in [3.8, 4) is 5.75 Å². The van der Waals surface area contributed by atoms with Crippen molar-refractivity contribution >= 4 is 31.9 Å². The third-order valence-electron chi connectivity index (χ3n) is 1.02. The van der Waals surface area contributed by atoms with Gasteiger partial charge in [-0.05, 0) is 44.0 Å². The topological polar surface area (TPSA) is 20.2 Å². The number of benzene rings is 1. The molecule has 0 amide bonds. The number of phenolic OH excluding ortho intramolecular Hbond substituents is 1. The van der Waals surface area contributed by atoms with Gasteiger partial charge in [-0.3, -0.25) is 0 Å². The Kier molecular flexibility index (Phi) is 2.31. The number of hydrogen-bond acceptors (Lipinski definition) is 1. The van der Waals surface area contributed by atoms with Gasteiger partial charge in [0.2, 0.25) is 0 Å². The van der Waals surface area contributed by atoms with E-state index < -0.39 is 5.82 Å². The molecule has 1 aromatic carbocycles. The molecule has 1 aromatic rings. The van der Waals surface area contributed by atoms with E-state index >= 15 is 0 Å². The molecule has 0 saturated heterocycles. The Morgan fingerprint density at radius 3 is 2.20 bits per heavy atom. The van der Waals surface area contributed by atoms with E-state index in [1.165, 1.54) is 6.07 Å². The summed E-state index contributed by atoms with van der Waals surface area (Å²) < 4.78 is 13.3. The van der Waals surface area contributed by atoms with Crippen LogP contribution in [-0.2, 0) is 0 Å². The van der Waals surface area contributed by atoms with Crippen LogP contribution in [0.1, 0.15) is 0 Å². The minimum atomic E-state index is -0.644. The molecule has 4 heteroatoms. The van der Waals surface area contributed by atoms with Gasteiger partial charge in [0.05, 0.1) is 8.95 Å². The summed E-state index contributed by atoms with van der Waals surface area (Å²) >= 11 is 5.89. The molecule has 0 aliphatic heterocycles. The summed E-state index contributed by atoms with van der Waals surface area (Å²) in [6, 6.07) is 3.07. The predicted octanol–water partition coefficient (Wildman–Crippen LogP) is 3.06. The summed E-state index contributed by atoms with van der Waals surface area (Å²) in [6.45, 7) is 0. The second-order valence-corrected chi connectivity index (χ2v) is 3.40. The molecular weight excluding hydrogens is 267 g/mol. The minimum Gasteiger partial charge on any atom is -0.504 e. The standard InChI is InChI=1S/C6H3Br2FO/c7-3-1-2-4(8)6(10)5(3)9/h1-2,10H. The third-order valence-corrected chi connectivity index (χ3v) is 2.27. The van der Waals surface area contributed by atoms with Crippen molar-refractivity contribution in [2.45, 2.75) is 0 Å². The first kappa shape index (κ1) is 8.01. The zero-order valence-corrected chi connectivity index (χ0v) is 7.91. The molecule has 1 rings (SSSR count). The fourth-order valence-electron chi connectivity index (χ4n) is 0.516. The molecular formula is C6H3Br2FO. The normalized spacial score (nSPS) is 9.90. The van der Waals surface area contributed by atoms with Gasteiger partial charge in [-0.1, -0.05) is 0 Å². The number of rotatable bonds is 0. The van der Waals surface area contributed by atoms with Gasteiger partial charge in [-0.2, -0.15) is 0 Å². The lowest BCUT2D eigenvalue weighted by Gasteiger charge is -1.98. The average molecular weight is 270 g/mol. The molecule has 0 aromatic heterocycles. The fourth-order valence-corrected chi connectivity index (χ4v) is 1.14. The van der Waals surface area contributed by atoms with Gasteiger partial charge < -0.3 is 5.11 Å². The van der Waals surface area contributed by atoms with Crippen LogP contribution in [0.3, 0.4) is 0 Å². The Morgan fingerprint density at radius 2 is 1.70 bits per heavy atom. The molecule has 0 bridgehead atoms. The highest BCUT2D eigenvalue weighted by Crippen LogP contribution is 2.31. The average Bonchev–Trinajstić information content (AvgIpc) is 1.93. The van der Waals surface area contributed by atoms with Crippen molar-refractivity contribution in [1.82, 2.24) is 0 Å². The number of phenols is 1. The Balaban J connectivity index is 3.34. The lowest BCUT2D eigenvalue weighted by Crippen LogP contribution is -1.78. The highest BCUT2D eigenvalue weighted by atomic mass is 79.9. The smallest absolute Gasteiger partial charge is 0.180 e. The van der Waals surface area contributed by atoms with E-state index in [0.717, 1.165) is 0 Å². The summed E-state index contributed by atoms with van der Waals surface area (Å²) in [5.74, 6) is -1.01. The van der Waals surface area contributed by atoms with Gasteiger partial charge in [0, 0.05) is 0 Å². The van der Waals surface area contributed by atoms with Gasteiger partial charge in [-0.25, -0.2) is 4.39 Å². The van der Waals surface area contributed by atoms with Crippen molar-refractivity contribution in [1.29, 1.82) is 0 Å². The molecule has 0 aliphatic carbocycles. The summed E-state index contributed by atoms with van der Waals surface area (Å²) in [5, 5.41) is 8.94. The molecule has 1 N–H and O–H groups in total. The first-order valence-electron chi connectivity index (χ1n) is 2.45. The van der Waals surface area contributed by atoms with E-state index in [2.05, 4.69) is 31.9 Å². The fraction of sp³-hybridized carbons (Fsp3) is 0. The van der Waals surface area contributed by atoms with Crippen LogP contribution in [0.4, 0.5) is 4.39 Å². The van der Waals surface area contributed by atoms with E-state index in [4.69, 9.17) is 5.11 Å². The van der Waals surface area contributed by atoms with Crippen LogP contribution < -0.4 is 0 Å². The van der Waals surface area contributed by atoms with Crippen LogP contribution in [0.5, 0.6) is 5.75 Å². The van der Waals surface area contributed by atoms with Crippen LogP contribution in [0.2, 0.25) is 0 Å². The van der Waals surface area contributed by atoms with Crippen LogP contribution in [0.15, 0.2) is 21.1 Å². The Morgan fingerprint density at radius 1 is 1.20 bits per heavy atom. The second-order valence-electron chi connectivity index (χ2n) is 1.69. The van der Waals surface area contributed by atoms with Crippen molar-refractivity contribution in [2.75, 3.05) is 0 Å². The minimum absolute atomic E-state index is 0.258. The second kappa shape index (κ2) is 2.88. The maximum Gasteiger partial charge on any atom is 0.180 e. The Labute approximate surface area is 74.1 Å². The summed E-state index contributed by atoms with van der Waals surface area (Å²) in [4.78, 5) is 0. The molecule has 10 heavy (non-hydrogen) atoms. The molecule has 0 heterocycles. The largest absolute Gasteiger partial charge is 0.504 e. The molecule has 0 fully saturated rings. The van der Waals surface area contributed by atoms with Crippen LogP contribution in [0, 0.1) is 5.82 Å². The van der Waals surface area contributed by atoms with Crippen molar-refractivity contribution < 1.29 is 9.50 Å². The highest BCUT2D eigenvalue weighted by Gasteiger charge is 2.07. The molecule has 0 unspecified atom stereocenters. The van der Waals surface area contributed by atoms with Crippen molar-refractivity contribution in [2.24, 2.45) is 0 Å². The van der Waals surface area contributed by atoms with Gasteiger partial charge in [-0.15, -0.1) is 0 Å². The lowest BCUT2D eigenvalue weighted by atomic mass is 10.3. The zero-order chi connectivity index (χ0) is 7.72. The summed E-state index contributed by atoms with van der Waals surface area (Å²) in [7, 11) is 0. The Bertz CT molecular complexity index is 235. The Hall–Kier alpha value is -0.0900. The maximum absolute atomic E-state index is 12.7. The first-order valence-corrected chi connectivity index (χ1v) is 4.04. The van der Waals surface area contributed by atoms with E-state index in [9.17, 15) is 4.39 Å². The molecule has 0 atom stereocenters. The number of hydrogen-bond donors (Lipinski definition) is 1.